The molecule has 1 fully saturated rings. The molecule has 0 saturated carbocycles. The molecular weight excluding hydrogens is 406 g/mol. The number of rotatable bonds is 4. The SMILES string of the molecule is O=C(c1cnc2c(c1)N(Cc1ccccn1)C(=O)CN2)N1CCN(c2ccncc2)CC1. The maximum atomic E-state index is 13.2. The fraction of sp³-hybridized carbons (Fsp3) is 0.261. The van der Waals surface area contributed by atoms with Crippen molar-refractivity contribution >= 4 is 29.0 Å². The average molecular weight is 429 g/mol. The first-order valence-electron chi connectivity index (χ1n) is 10.6. The molecule has 9 heteroatoms. The molecule has 3 aromatic heterocycles. The summed E-state index contributed by atoms with van der Waals surface area (Å²) in [5.41, 5.74) is 2.96. The van der Waals surface area contributed by atoms with E-state index in [-0.39, 0.29) is 18.4 Å². The monoisotopic (exact) mass is 429 g/mol. The lowest BCUT2D eigenvalue weighted by Gasteiger charge is -2.36. The number of amides is 2. The Morgan fingerprint density at radius 3 is 2.56 bits per heavy atom. The van der Waals surface area contributed by atoms with Gasteiger partial charge in [-0.25, -0.2) is 4.98 Å². The van der Waals surface area contributed by atoms with Gasteiger partial charge in [0, 0.05) is 56.7 Å². The van der Waals surface area contributed by atoms with E-state index in [0.29, 0.717) is 36.7 Å². The van der Waals surface area contributed by atoms with Crippen LogP contribution in [0.2, 0.25) is 0 Å². The summed E-state index contributed by atoms with van der Waals surface area (Å²) in [7, 11) is 0. The highest BCUT2D eigenvalue weighted by Crippen LogP contribution is 2.30. The number of nitrogens with one attached hydrogen (secondary N) is 1. The van der Waals surface area contributed by atoms with Crippen LogP contribution in [-0.2, 0) is 11.3 Å². The molecule has 0 radical (unpaired) electrons. The van der Waals surface area contributed by atoms with Gasteiger partial charge >= 0.3 is 0 Å². The molecule has 3 aromatic rings. The normalized spacial score (nSPS) is 15.9. The van der Waals surface area contributed by atoms with Crippen LogP contribution in [0, 0.1) is 0 Å². The fourth-order valence-electron chi connectivity index (χ4n) is 4.03. The summed E-state index contributed by atoms with van der Waals surface area (Å²) in [6.07, 6.45) is 6.83. The molecule has 2 aliphatic rings. The zero-order chi connectivity index (χ0) is 21.9. The molecule has 0 aliphatic carbocycles. The van der Waals surface area contributed by atoms with Crippen molar-refractivity contribution in [3.05, 3.63) is 72.4 Å². The summed E-state index contributed by atoms with van der Waals surface area (Å²) in [4.78, 5) is 44.4. The van der Waals surface area contributed by atoms with Gasteiger partial charge in [-0.2, -0.15) is 0 Å². The highest BCUT2D eigenvalue weighted by atomic mass is 16.2. The third-order valence-corrected chi connectivity index (χ3v) is 5.75. The number of fused-ring (bicyclic) bond motifs is 1. The van der Waals surface area contributed by atoms with E-state index < -0.39 is 0 Å². The molecule has 5 heterocycles. The summed E-state index contributed by atoms with van der Waals surface area (Å²) in [5.74, 6) is 0.436. The van der Waals surface area contributed by atoms with E-state index in [4.69, 9.17) is 0 Å². The number of carbonyl (C=O) groups excluding carboxylic acids is 2. The fourth-order valence-corrected chi connectivity index (χ4v) is 4.03. The predicted octanol–water partition coefficient (Wildman–Crippen LogP) is 1.79. The Balaban J connectivity index is 1.33. The Hall–Kier alpha value is -4.01. The molecule has 0 unspecified atom stereocenters. The molecule has 0 bridgehead atoms. The van der Waals surface area contributed by atoms with Crippen LogP contribution in [0.3, 0.4) is 0 Å². The van der Waals surface area contributed by atoms with Crippen LogP contribution in [0.4, 0.5) is 17.2 Å². The quantitative estimate of drug-likeness (QED) is 0.676. The molecule has 2 aliphatic heterocycles. The van der Waals surface area contributed by atoms with E-state index in [0.717, 1.165) is 24.5 Å². The van der Waals surface area contributed by atoms with E-state index in [1.165, 1.54) is 0 Å². The van der Waals surface area contributed by atoms with Crippen molar-refractivity contribution in [3.8, 4) is 0 Å². The molecule has 0 spiro atoms. The van der Waals surface area contributed by atoms with Crippen LogP contribution in [0.5, 0.6) is 0 Å². The lowest BCUT2D eigenvalue weighted by Crippen LogP contribution is -2.49. The molecule has 5 rings (SSSR count). The van der Waals surface area contributed by atoms with Crippen molar-refractivity contribution < 1.29 is 9.59 Å². The van der Waals surface area contributed by atoms with Crippen molar-refractivity contribution in [3.63, 3.8) is 0 Å². The standard InChI is InChI=1S/C23H23N7O2/c31-21-15-27-22-20(30(21)16-18-3-1-2-6-25-18)13-17(14-26-22)23(32)29-11-9-28(10-12-29)19-4-7-24-8-5-19/h1-8,13-14H,9-12,15-16H2,(H,26,27). The van der Waals surface area contributed by atoms with Gasteiger partial charge in [-0.05, 0) is 30.3 Å². The lowest BCUT2D eigenvalue weighted by molar-refractivity contribution is -0.117. The molecule has 1 saturated heterocycles. The minimum absolute atomic E-state index is 0.0783. The molecule has 1 N–H and O–H groups in total. The van der Waals surface area contributed by atoms with Crippen LogP contribution in [-0.4, -0.2) is 64.4 Å². The van der Waals surface area contributed by atoms with E-state index >= 15 is 0 Å². The Kier molecular flexibility index (Phi) is 5.37. The van der Waals surface area contributed by atoms with Crippen LogP contribution < -0.4 is 15.1 Å². The van der Waals surface area contributed by atoms with Gasteiger partial charge in [0.05, 0.1) is 30.0 Å². The van der Waals surface area contributed by atoms with Gasteiger partial charge in [-0.3, -0.25) is 19.6 Å². The molecular formula is C23H23N7O2. The van der Waals surface area contributed by atoms with E-state index in [9.17, 15) is 9.59 Å². The van der Waals surface area contributed by atoms with Crippen molar-refractivity contribution in [1.82, 2.24) is 19.9 Å². The Bertz CT molecular complexity index is 1120. The topological polar surface area (TPSA) is 94.6 Å². The Morgan fingerprint density at radius 1 is 1.00 bits per heavy atom. The van der Waals surface area contributed by atoms with Crippen LogP contribution in [0.1, 0.15) is 16.1 Å². The van der Waals surface area contributed by atoms with E-state index in [1.807, 2.05) is 35.2 Å². The van der Waals surface area contributed by atoms with Crippen molar-refractivity contribution in [2.45, 2.75) is 6.54 Å². The zero-order valence-electron chi connectivity index (χ0n) is 17.5. The van der Waals surface area contributed by atoms with Crippen molar-refractivity contribution in [1.29, 1.82) is 0 Å². The molecule has 32 heavy (non-hydrogen) atoms. The molecule has 0 atom stereocenters. The predicted molar refractivity (Wildman–Crippen MR) is 121 cm³/mol. The first kappa shape index (κ1) is 19.9. The van der Waals surface area contributed by atoms with Gasteiger partial charge in [0.25, 0.3) is 5.91 Å². The van der Waals surface area contributed by atoms with Crippen LogP contribution >= 0.6 is 0 Å². The number of carbonyl (C=O) groups is 2. The number of piperazine rings is 1. The second kappa shape index (κ2) is 8.62. The second-order valence-electron chi connectivity index (χ2n) is 7.73. The number of aromatic nitrogens is 3. The average Bonchev–Trinajstić information content (AvgIpc) is 2.86. The van der Waals surface area contributed by atoms with Gasteiger partial charge in [0.15, 0.2) is 5.82 Å². The number of anilines is 3. The Labute approximate surface area is 185 Å². The zero-order valence-corrected chi connectivity index (χ0v) is 17.5. The maximum absolute atomic E-state index is 13.2. The smallest absolute Gasteiger partial charge is 0.255 e. The highest BCUT2D eigenvalue weighted by molar-refractivity contribution is 6.04. The van der Waals surface area contributed by atoms with Gasteiger partial charge in [0.2, 0.25) is 5.91 Å². The highest BCUT2D eigenvalue weighted by Gasteiger charge is 2.28. The number of nitrogens with zero attached hydrogens (tertiary/aromatic N) is 6. The van der Waals surface area contributed by atoms with E-state index in [2.05, 4.69) is 25.2 Å². The molecule has 2 amide bonds. The molecule has 0 aromatic carbocycles. The number of hydrogen-bond donors (Lipinski definition) is 1. The van der Waals surface area contributed by atoms with Crippen LogP contribution in [0.15, 0.2) is 61.2 Å². The Morgan fingerprint density at radius 2 is 1.81 bits per heavy atom. The third kappa shape index (κ3) is 3.96. The first-order valence-corrected chi connectivity index (χ1v) is 10.6. The maximum Gasteiger partial charge on any atom is 0.255 e. The van der Waals surface area contributed by atoms with E-state index in [1.54, 1.807) is 35.8 Å². The summed E-state index contributed by atoms with van der Waals surface area (Å²) in [5, 5.41) is 3.04. The third-order valence-electron chi connectivity index (χ3n) is 5.75. The summed E-state index contributed by atoms with van der Waals surface area (Å²) >= 11 is 0. The van der Waals surface area contributed by atoms with Gasteiger partial charge < -0.3 is 20.0 Å². The summed E-state index contributed by atoms with van der Waals surface area (Å²) in [6, 6.07) is 11.3. The van der Waals surface area contributed by atoms with Gasteiger partial charge in [-0.15, -0.1) is 0 Å². The van der Waals surface area contributed by atoms with Crippen molar-refractivity contribution in [2.75, 3.05) is 47.8 Å². The second-order valence-corrected chi connectivity index (χ2v) is 7.73. The van der Waals surface area contributed by atoms with Crippen LogP contribution in [0.25, 0.3) is 0 Å². The van der Waals surface area contributed by atoms with Gasteiger partial charge in [0.1, 0.15) is 0 Å². The van der Waals surface area contributed by atoms with Gasteiger partial charge in [-0.1, -0.05) is 6.07 Å². The number of hydrogen-bond acceptors (Lipinski definition) is 7. The molecule has 9 nitrogen and oxygen atoms in total. The first-order chi connectivity index (χ1) is 15.7. The summed E-state index contributed by atoms with van der Waals surface area (Å²) < 4.78 is 0. The number of pyridine rings is 3. The van der Waals surface area contributed by atoms with Crippen molar-refractivity contribution in [2.24, 2.45) is 0 Å². The largest absolute Gasteiger partial charge is 0.368 e. The minimum atomic E-state index is -0.0829. The minimum Gasteiger partial charge on any atom is -0.368 e. The lowest BCUT2D eigenvalue weighted by atomic mass is 10.1. The summed E-state index contributed by atoms with van der Waals surface area (Å²) in [6.45, 7) is 3.23. The molecule has 162 valence electrons.